The second kappa shape index (κ2) is 7.59. The average molecular weight is 285 g/mol. The van der Waals surface area contributed by atoms with Crippen LogP contribution in [0.3, 0.4) is 0 Å². The Hall–Kier alpha value is 0.200. The van der Waals surface area contributed by atoms with Crippen LogP contribution in [0.4, 0.5) is 0 Å². The predicted molar refractivity (Wildman–Crippen MR) is 72.8 cm³/mol. The van der Waals surface area contributed by atoms with Crippen LogP contribution in [-0.4, -0.2) is 26.9 Å². The number of hydrogen-bond acceptors (Lipinski definition) is 3. The lowest BCUT2D eigenvalue weighted by atomic mass is 9.99. The average Bonchev–Trinajstić information content (AvgIpc) is 2.08. The Morgan fingerprint density at radius 3 is 2.00 bits per heavy atom. The molecular weight excluding hydrogens is 260 g/mol. The topological polar surface area (TPSA) is 43.4 Å². The Labute approximate surface area is 110 Å². The minimum absolute atomic E-state index is 0.0133. The maximum absolute atomic E-state index is 11.1. The smallest absolute Gasteiger partial charge is 0.232 e. The molecule has 0 heterocycles. The molecule has 0 bridgehead atoms. The minimum atomic E-state index is -3.45. The normalized spacial score (nSPS) is 16.5. The van der Waals surface area contributed by atoms with E-state index in [1.807, 2.05) is 20.8 Å². The summed E-state index contributed by atoms with van der Waals surface area (Å²) in [5.41, 5.74) is 0. The second-order valence-electron chi connectivity index (χ2n) is 5.48. The van der Waals surface area contributed by atoms with E-state index in [2.05, 4.69) is 13.8 Å². The van der Waals surface area contributed by atoms with E-state index in [0.29, 0.717) is 12.5 Å². The summed E-state index contributed by atoms with van der Waals surface area (Å²) >= 11 is 0. The molecule has 5 heteroatoms. The molecule has 0 aromatic rings. The van der Waals surface area contributed by atoms with Crippen molar-refractivity contribution in [3.63, 3.8) is 0 Å². The number of halogens is 1. The fraction of sp³-hybridized carbons (Fsp3) is 1.00. The van der Waals surface area contributed by atoms with Crippen LogP contribution >= 0.6 is 10.7 Å². The molecule has 0 saturated heterocycles. The van der Waals surface area contributed by atoms with Crippen LogP contribution in [0.1, 0.15) is 41.0 Å². The predicted octanol–water partition coefficient (Wildman–Crippen LogP) is 3.28. The highest BCUT2D eigenvalue weighted by molar-refractivity contribution is 8.13. The van der Waals surface area contributed by atoms with E-state index < -0.39 is 9.05 Å². The number of rotatable bonds is 8. The van der Waals surface area contributed by atoms with Crippen LogP contribution in [-0.2, 0) is 13.8 Å². The van der Waals surface area contributed by atoms with Crippen molar-refractivity contribution in [1.29, 1.82) is 0 Å². The molecular formula is C12H25ClO3S. The highest BCUT2D eigenvalue weighted by Gasteiger charge is 2.21. The summed E-state index contributed by atoms with van der Waals surface area (Å²) in [5, 5.41) is 0. The van der Waals surface area contributed by atoms with Crippen LogP contribution in [0.5, 0.6) is 0 Å². The van der Waals surface area contributed by atoms with Crippen molar-refractivity contribution >= 4 is 19.7 Å². The Bertz CT molecular complexity index is 299. The molecule has 0 rings (SSSR count). The first-order valence-electron chi connectivity index (χ1n) is 6.15. The minimum Gasteiger partial charge on any atom is -0.378 e. The maximum Gasteiger partial charge on any atom is 0.232 e. The standard InChI is InChI=1S/C12H25ClO3S/c1-9(2)6-11(5)16-7-12(10(3)4)8-17(13,14)15/h9-12H,6-8H2,1-5H3. The molecule has 2 atom stereocenters. The highest BCUT2D eigenvalue weighted by atomic mass is 35.7. The Balaban J connectivity index is 4.19. The van der Waals surface area contributed by atoms with Crippen LogP contribution in [0.15, 0.2) is 0 Å². The molecule has 2 unspecified atom stereocenters. The molecule has 0 N–H and O–H groups in total. The fourth-order valence-electron chi connectivity index (χ4n) is 1.71. The highest BCUT2D eigenvalue weighted by Crippen LogP contribution is 2.18. The van der Waals surface area contributed by atoms with E-state index in [4.69, 9.17) is 15.4 Å². The van der Waals surface area contributed by atoms with Gasteiger partial charge < -0.3 is 4.74 Å². The maximum atomic E-state index is 11.1. The summed E-state index contributed by atoms with van der Waals surface area (Å²) in [6.45, 7) is 10.7. The SMILES string of the molecule is CC(C)CC(C)OCC(CS(=O)(=O)Cl)C(C)C. The van der Waals surface area contributed by atoms with Gasteiger partial charge in [0.25, 0.3) is 0 Å². The van der Waals surface area contributed by atoms with Crippen molar-refractivity contribution in [2.75, 3.05) is 12.4 Å². The summed E-state index contributed by atoms with van der Waals surface area (Å²) in [5.74, 6) is 0.779. The molecule has 3 nitrogen and oxygen atoms in total. The summed E-state index contributed by atoms with van der Waals surface area (Å²) in [6.07, 6.45) is 1.15. The van der Waals surface area contributed by atoms with Crippen LogP contribution in [0.25, 0.3) is 0 Å². The van der Waals surface area contributed by atoms with E-state index in [-0.39, 0.29) is 23.7 Å². The van der Waals surface area contributed by atoms with E-state index >= 15 is 0 Å². The van der Waals surface area contributed by atoms with E-state index in [9.17, 15) is 8.42 Å². The molecule has 0 aliphatic rings. The summed E-state index contributed by atoms with van der Waals surface area (Å²) < 4.78 is 27.9. The third kappa shape index (κ3) is 9.86. The monoisotopic (exact) mass is 284 g/mol. The molecule has 0 amide bonds. The molecule has 0 aliphatic heterocycles. The van der Waals surface area contributed by atoms with Gasteiger partial charge in [0.2, 0.25) is 9.05 Å². The quantitative estimate of drug-likeness (QED) is 0.643. The summed E-state index contributed by atoms with van der Waals surface area (Å²) in [6, 6.07) is 0. The molecule has 0 fully saturated rings. The number of hydrogen-bond donors (Lipinski definition) is 0. The third-order valence-corrected chi connectivity index (χ3v) is 3.96. The molecule has 0 saturated carbocycles. The Morgan fingerprint density at radius 2 is 1.65 bits per heavy atom. The number of ether oxygens (including phenoxy) is 1. The van der Waals surface area contributed by atoms with Gasteiger partial charge in [-0.25, -0.2) is 8.42 Å². The summed E-state index contributed by atoms with van der Waals surface area (Å²) in [4.78, 5) is 0. The Kier molecular flexibility index (Phi) is 7.68. The van der Waals surface area contributed by atoms with Gasteiger partial charge in [0.05, 0.1) is 18.5 Å². The third-order valence-electron chi connectivity index (χ3n) is 2.75. The molecule has 0 aromatic heterocycles. The van der Waals surface area contributed by atoms with Gasteiger partial charge in [0.1, 0.15) is 0 Å². The zero-order valence-electron chi connectivity index (χ0n) is 11.4. The summed E-state index contributed by atoms with van der Waals surface area (Å²) in [7, 11) is 1.84. The first kappa shape index (κ1) is 17.2. The van der Waals surface area contributed by atoms with Crippen molar-refractivity contribution < 1.29 is 13.2 Å². The van der Waals surface area contributed by atoms with Gasteiger partial charge in [-0.2, -0.15) is 0 Å². The molecule has 0 aliphatic carbocycles. The lowest BCUT2D eigenvalue weighted by Crippen LogP contribution is -2.26. The van der Waals surface area contributed by atoms with Crippen molar-refractivity contribution in [2.45, 2.75) is 47.1 Å². The van der Waals surface area contributed by atoms with Crippen LogP contribution in [0, 0.1) is 17.8 Å². The van der Waals surface area contributed by atoms with E-state index in [1.54, 1.807) is 0 Å². The van der Waals surface area contributed by atoms with Gasteiger partial charge >= 0.3 is 0 Å². The molecule has 0 radical (unpaired) electrons. The molecule has 17 heavy (non-hydrogen) atoms. The van der Waals surface area contributed by atoms with Crippen LogP contribution in [0.2, 0.25) is 0 Å². The van der Waals surface area contributed by atoms with Gasteiger partial charge in [-0.15, -0.1) is 0 Å². The molecule has 0 spiro atoms. The first-order valence-corrected chi connectivity index (χ1v) is 8.63. The van der Waals surface area contributed by atoms with Crippen molar-refractivity contribution in [3.05, 3.63) is 0 Å². The van der Waals surface area contributed by atoms with Crippen molar-refractivity contribution in [2.24, 2.45) is 17.8 Å². The first-order chi connectivity index (χ1) is 7.61. The largest absolute Gasteiger partial charge is 0.378 e. The Morgan fingerprint density at radius 1 is 1.12 bits per heavy atom. The van der Waals surface area contributed by atoms with Gasteiger partial charge in [-0.1, -0.05) is 27.7 Å². The van der Waals surface area contributed by atoms with Gasteiger partial charge in [-0.05, 0) is 31.1 Å². The second-order valence-corrected chi connectivity index (χ2v) is 8.30. The van der Waals surface area contributed by atoms with E-state index in [1.165, 1.54) is 0 Å². The van der Waals surface area contributed by atoms with Crippen molar-refractivity contribution in [3.8, 4) is 0 Å². The molecule has 0 aromatic carbocycles. The lowest BCUT2D eigenvalue weighted by Gasteiger charge is -2.22. The van der Waals surface area contributed by atoms with Gasteiger partial charge in [0.15, 0.2) is 0 Å². The lowest BCUT2D eigenvalue weighted by molar-refractivity contribution is 0.0236. The zero-order valence-corrected chi connectivity index (χ0v) is 13.0. The zero-order chi connectivity index (χ0) is 13.6. The van der Waals surface area contributed by atoms with Crippen LogP contribution < -0.4 is 0 Å². The molecule has 104 valence electrons. The van der Waals surface area contributed by atoms with Crippen molar-refractivity contribution in [1.82, 2.24) is 0 Å². The van der Waals surface area contributed by atoms with Gasteiger partial charge in [-0.3, -0.25) is 0 Å². The van der Waals surface area contributed by atoms with Gasteiger partial charge in [0, 0.05) is 10.7 Å². The van der Waals surface area contributed by atoms with E-state index in [0.717, 1.165) is 6.42 Å². The fourth-order valence-corrected chi connectivity index (χ4v) is 3.19.